The third-order valence-electron chi connectivity index (χ3n) is 2.41. The zero-order valence-electron chi connectivity index (χ0n) is 11.0. The molecule has 0 radical (unpaired) electrons. The molecule has 1 N–H and O–H groups in total. The van der Waals surface area contributed by atoms with Crippen molar-refractivity contribution >= 4 is 11.7 Å². The van der Waals surface area contributed by atoms with E-state index in [0.717, 1.165) is 0 Å². The van der Waals surface area contributed by atoms with E-state index in [-0.39, 0.29) is 5.78 Å². The Balaban J connectivity index is 2.55. The topological polar surface area (TPSA) is 55.4 Å². The summed E-state index contributed by atoms with van der Waals surface area (Å²) in [5.41, 5.74) is 0.478. The summed E-state index contributed by atoms with van der Waals surface area (Å²) in [6.45, 7) is 1.34. The van der Waals surface area contributed by atoms with Crippen LogP contribution in [0.4, 0.5) is 13.2 Å². The standard InChI is InChI=1S/C13H14F3NO3/c1-8(18)10-3-5-11(6-4-10)20-9(2)12(19)17-7-13(14,15)16/h3-6,9H,7H2,1-2H3,(H,17,19). The molecule has 1 aromatic rings. The van der Waals surface area contributed by atoms with Gasteiger partial charge in [0.1, 0.15) is 12.3 Å². The van der Waals surface area contributed by atoms with Gasteiger partial charge in [0.25, 0.3) is 5.91 Å². The summed E-state index contributed by atoms with van der Waals surface area (Å²) in [6.07, 6.45) is -5.53. The van der Waals surface area contributed by atoms with Crippen molar-refractivity contribution < 1.29 is 27.5 Å². The summed E-state index contributed by atoms with van der Waals surface area (Å²) in [5, 5.41) is 1.73. The monoisotopic (exact) mass is 289 g/mol. The first-order chi connectivity index (χ1) is 9.19. The minimum atomic E-state index is -4.46. The molecular formula is C13H14F3NO3. The average Bonchev–Trinajstić information content (AvgIpc) is 2.35. The number of hydrogen-bond donors (Lipinski definition) is 1. The molecular weight excluding hydrogens is 275 g/mol. The minimum Gasteiger partial charge on any atom is -0.481 e. The maximum Gasteiger partial charge on any atom is 0.405 e. The Morgan fingerprint density at radius 3 is 2.25 bits per heavy atom. The molecule has 0 heterocycles. The Hall–Kier alpha value is -2.05. The van der Waals surface area contributed by atoms with Crippen LogP contribution in [0, 0.1) is 0 Å². The Morgan fingerprint density at radius 2 is 1.80 bits per heavy atom. The highest BCUT2D eigenvalue weighted by Crippen LogP contribution is 2.15. The second kappa shape index (κ2) is 6.40. The molecule has 1 atom stereocenters. The van der Waals surface area contributed by atoms with Crippen molar-refractivity contribution in [2.24, 2.45) is 0 Å². The van der Waals surface area contributed by atoms with Gasteiger partial charge in [0.15, 0.2) is 11.9 Å². The predicted octanol–water partition coefficient (Wildman–Crippen LogP) is 2.34. The number of halogens is 3. The van der Waals surface area contributed by atoms with Crippen LogP contribution in [0.25, 0.3) is 0 Å². The third kappa shape index (κ3) is 5.29. The van der Waals surface area contributed by atoms with E-state index in [9.17, 15) is 22.8 Å². The molecule has 20 heavy (non-hydrogen) atoms. The van der Waals surface area contributed by atoms with Gasteiger partial charge in [0.2, 0.25) is 0 Å². The van der Waals surface area contributed by atoms with E-state index < -0.39 is 24.7 Å². The molecule has 1 unspecified atom stereocenters. The molecule has 0 aliphatic rings. The SMILES string of the molecule is CC(=O)c1ccc(OC(C)C(=O)NCC(F)(F)F)cc1. The van der Waals surface area contributed by atoms with Crippen molar-refractivity contribution in [3.63, 3.8) is 0 Å². The van der Waals surface area contributed by atoms with Gasteiger partial charge in [-0.3, -0.25) is 9.59 Å². The number of benzene rings is 1. The van der Waals surface area contributed by atoms with E-state index in [0.29, 0.717) is 11.3 Å². The van der Waals surface area contributed by atoms with Crippen LogP contribution >= 0.6 is 0 Å². The van der Waals surface area contributed by atoms with Gasteiger partial charge in [0.05, 0.1) is 0 Å². The number of nitrogens with one attached hydrogen (secondary N) is 1. The molecule has 1 amide bonds. The Bertz CT molecular complexity index is 483. The largest absolute Gasteiger partial charge is 0.481 e. The summed E-state index contributed by atoms with van der Waals surface area (Å²) >= 11 is 0. The molecule has 0 aliphatic heterocycles. The maximum absolute atomic E-state index is 11.9. The lowest BCUT2D eigenvalue weighted by Gasteiger charge is -2.15. The van der Waals surface area contributed by atoms with E-state index in [1.807, 2.05) is 0 Å². The number of carbonyl (C=O) groups is 2. The molecule has 0 saturated carbocycles. The first kappa shape index (κ1) is 16.0. The van der Waals surface area contributed by atoms with Gasteiger partial charge in [-0.1, -0.05) is 0 Å². The quantitative estimate of drug-likeness (QED) is 0.846. The van der Waals surface area contributed by atoms with E-state index in [1.54, 1.807) is 5.32 Å². The van der Waals surface area contributed by atoms with E-state index in [1.165, 1.54) is 38.1 Å². The smallest absolute Gasteiger partial charge is 0.405 e. The fraction of sp³-hybridized carbons (Fsp3) is 0.385. The van der Waals surface area contributed by atoms with Crippen molar-refractivity contribution in [2.45, 2.75) is 26.1 Å². The highest BCUT2D eigenvalue weighted by atomic mass is 19.4. The highest BCUT2D eigenvalue weighted by molar-refractivity contribution is 5.94. The lowest BCUT2D eigenvalue weighted by Crippen LogP contribution is -2.41. The molecule has 1 rings (SSSR count). The fourth-order valence-corrected chi connectivity index (χ4v) is 1.36. The van der Waals surface area contributed by atoms with E-state index in [4.69, 9.17) is 4.74 Å². The third-order valence-corrected chi connectivity index (χ3v) is 2.41. The molecule has 0 aliphatic carbocycles. The highest BCUT2D eigenvalue weighted by Gasteiger charge is 2.29. The van der Waals surface area contributed by atoms with Gasteiger partial charge in [-0.15, -0.1) is 0 Å². The van der Waals surface area contributed by atoms with Gasteiger partial charge >= 0.3 is 6.18 Å². The Labute approximate surface area is 113 Å². The summed E-state index contributed by atoms with van der Waals surface area (Å²) in [4.78, 5) is 22.4. The summed E-state index contributed by atoms with van der Waals surface area (Å²) < 4.78 is 41.0. The molecule has 0 aromatic heterocycles. The fourth-order valence-electron chi connectivity index (χ4n) is 1.36. The van der Waals surface area contributed by atoms with Crippen LogP contribution in [0.5, 0.6) is 5.75 Å². The van der Waals surface area contributed by atoms with Crippen LogP contribution in [0.1, 0.15) is 24.2 Å². The van der Waals surface area contributed by atoms with Crippen molar-refractivity contribution in [2.75, 3.05) is 6.54 Å². The zero-order valence-corrected chi connectivity index (χ0v) is 11.0. The van der Waals surface area contributed by atoms with Crippen LogP contribution < -0.4 is 10.1 Å². The second-order valence-electron chi connectivity index (χ2n) is 4.17. The van der Waals surface area contributed by atoms with Crippen LogP contribution in [0.15, 0.2) is 24.3 Å². The van der Waals surface area contributed by atoms with Crippen LogP contribution in [0.2, 0.25) is 0 Å². The first-order valence-corrected chi connectivity index (χ1v) is 5.81. The van der Waals surface area contributed by atoms with Gasteiger partial charge in [-0.25, -0.2) is 0 Å². The number of ketones is 1. The maximum atomic E-state index is 11.9. The van der Waals surface area contributed by atoms with Crippen LogP contribution in [0.3, 0.4) is 0 Å². The van der Waals surface area contributed by atoms with Crippen LogP contribution in [-0.2, 0) is 4.79 Å². The number of Topliss-reactive ketones (excluding diaryl/α,β-unsaturated/α-hetero) is 1. The zero-order chi connectivity index (χ0) is 15.3. The molecule has 1 aromatic carbocycles. The Kier molecular flexibility index (Phi) is 5.12. The van der Waals surface area contributed by atoms with Crippen molar-refractivity contribution in [3.8, 4) is 5.75 Å². The number of alkyl halides is 3. The van der Waals surface area contributed by atoms with E-state index in [2.05, 4.69) is 0 Å². The number of rotatable bonds is 5. The summed E-state index contributed by atoms with van der Waals surface area (Å²) in [5.74, 6) is -0.685. The number of hydrogen-bond acceptors (Lipinski definition) is 3. The lowest BCUT2D eigenvalue weighted by atomic mass is 10.1. The molecule has 7 heteroatoms. The van der Waals surface area contributed by atoms with E-state index >= 15 is 0 Å². The van der Waals surface area contributed by atoms with Crippen molar-refractivity contribution in [1.82, 2.24) is 5.32 Å². The second-order valence-corrected chi connectivity index (χ2v) is 4.17. The van der Waals surface area contributed by atoms with Crippen LogP contribution in [-0.4, -0.2) is 30.5 Å². The van der Waals surface area contributed by atoms with Crippen molar-refractivity contribution in [1.29, 1.82) is 0 Å². The summed E-state index contributed by atoms with van der Waals surface area (Å²) in [7, 11) is 0. The minimum absolute atomic E-state index is 0.118. The first-order valence-electron chi connectivity index (χ1n) is 5.81. The lowest BCUT2D eigenvalue weighted by molar-refractivity contribution is -0.142. The molecule has 0 saturated heterocycles. The molecule has 0 bridgehead atoms. The van der Waals surface area contributed by atoms with Gasteiger partial charge in [0, 0.05) is 5.56 Å². The number of amides is 1. The molecule has 0 spiro atoms. The number of ether oxygens (including phenoxy) is 1. The Morgan fingerprint density at radius 1 is 1.25 bits per heavy atom. The van der Waals surface area contributed by atoms with Gasteiger partial charge < -0.3 is 10.1 Å². The normalized spacial score (nSPS) is 12.7. The summed E-state index contributed by atoms with van der Waals surface area (Å²) in [6, 6.07) is 5.98. The van der Waals surface area contributed by atoms with Crippen molar-refractivity contribution in [3.05, 3.63) is 29.8 Å². The van der Waals surface area contributed by atoms with Gasteiger partial charge in [-0.2, -0.15) is 13.2 Å². The molecule has 4 nitrogen and oxygen atoms in total. The predicted molar refractivity (Wildman–Crippen MR) is 65.6 cm³/mol. The molecule has 110 valence electrons. The van der Waals surface area contributed by atoms with Gasteiger partial charge in [-0.05, 0) is 38.1 Å². The molecule has 0 fully saturated rings. The number of carbonyl (C=O) groups excluding carboxylic acids is 2. The average molecular weight is 289 g/mol.